The first-order valence-electron chi connectivity index (χ1n) is 12.3. The van der Waals surface area contributed by atoms with E-state index in [2.05, 4.69) is 18.8 Å². The fourth-order valence-electron chi connectivity index (χ4n) is 4.92. The Balaban J connectivity index is 1.77. The number of carbonyl (C=O) groups is 1. The number of ether oxygens (including phenoxy) is 2. The average molecular weight is 499 g/mol. The lowest BCUT2D eigenvalue weighted by Crippen LogP contribution is -2.08. The molecule has 0 radical (unpaired) electrons. The van der Waals surface area contributed by atoms with Gasteiger partial charge >= 0.3 is 5.97 Å². The second-order valence-corrected chi connectivity index (χ2v) is 9.32. The summed E-state index contributed by atoms with van der Waals surface area (Å²) in [5.41, 5.74) is 7.31. The summed E-state index contributed by atoms with van der Waals surface area (Å²) in [7, 11) is 1.63. The summed E-state index contributed by atoms with van der Waals surface area (Å²) >= 11 is 0. The number of pyridine rings is 2. The Bertz CT molecular complexity index is 1660. The maximum atomic E-state index is 12.8. The van der Waals surface area contributed by atoms with Gasteiger partial charge in [0, 0.05) is 29.2 Å². The van der Waals surface area contributed by atoms with Crippen LogP contribution in [0.2, 0.25) is 0 Å². The van der Waals surface area contributed by atoms with E-state index in [-0.39, 0.29) is 11.9 Å². The lowest BCUT2D eigenvalue weighted by molar-refractivity contribution is 0.0525. The van der Waals surface area contributed by atoms with Gasteiger partial charge in [0.25, 0.3) is 0 Å². The van der Waals surface area contributed by atoms with E-state index < -0.39 is 0 Å². The fraction of sp³-hybridized carbons (Fsp3) is 0.321. The van der Waals surface area contributed by atoms with Crippen LogP contribution in [0.15, 0.2) is 36.9 Å². The molecule has 0 amide bonds. The number of hydrogen-bond acceptors (Lipinski definition) is 7. The zero-order valence-corrected chi connectivity index (χ0v) is 22.2. The Morgan fingerprint density at radius 1 is 1.14 bits per heavy atom. The molecule has 9 heteroatoms. The van der Waals surface area contributed by atoms with E-state index in [1.165, 1.54) is 0 Å². The molecule has 37 heavy (non-hydrogen) atoms. The first-order valence-corrected chi connectivity index (χ1v) is 12.3. The van der Waals surface area contributed by atoms with E-state index in [1.54, 1.807) is 25.7 Å². The van der Waals surface area contributed by atoms with Crippen LogP contribution in [0.4, 0.5) is 0 Å². The summed E-state index contributed by atoms with van der Waals surface area (Å²) in [5, 5.41) is 5.62. The number of aromatic nitrogens is 6. The smallest absolute Gasteiger partial charge is 0.340 e. The Hall–Kier alpha value is -4.27. The Labute approximate surface area is 215 Å². The molecule has 0 aliphatic heterocycles. The van der Waals surface area contributed by atoms with Crippen molar-refractivity contribution in [3.05, 3.63) is 65.1 Å². The van der Waals surface area contributed by atoms with Gasteiger partial charge in [0.2, 0.25) is 0 Å². The molecule has 190 valence electrons. The van der Waals surface area contributed by atoms with E-state index in [0.717, 1.165) is 50.3 Å². The number of hydrogen-bond donors (Lipinski definition) is 0. The monoisotopic (exact) mass is 498 g/mol. The van der Waals surface area contributed by atoms with Crippen molar-refractivity contribution in [1.29, 1.82) is 0 Å². The van der Waals surface area contributed by atoms with Gasteiger partial charge in [-0.3, -0.25) is 9.97 Å². The number of aryl methyl sites for hydroxylation is 3. The Morgan fingerprint density at radius 2 is 1.92 bits per heavy atom. The third kappa shape index (κ3) is 3.91. The van der Waals surface area contributed by atoms with Gasteiger partial charge < -0.3 is 13.9 Å². The minimum absolute atomic E-state index is 0.117. The molecular weight excluding hydrogens is 468 g/mol. The van der Waals surface area contributed by atoms with Gasteiger partial charge in [0.1, 0.15) is 5.75 Å². The predicted octanol–water partition coefficient (Wildman–Crippen LogP) is 5.36. The average Bonchev–Trinajstić information content (AvgIpc) is 3.42. The Kier molecular flexibility index (Phi) is 6.15. The highest BCUT2D eigenvalue weighted by atomic mass is 16.5. The molecule has 0 aliphatic rings. The molecule has 0 spiro atoms. The van der Waals surface area contributed by atoms with Gasteiger partial charge in [-0.2, -0.15) is 5.10 Å². The molecule has 0 bridgehead atoms. The van der Waals surface area contributed by atoms with Crippen LogP contribution in [0.1, 0.15) is 59.7 Å². The molecule has 0 saturated carbocycles. The molecule has 5 aromatic rings. The maximum Gasteiger partial charge on any atom is 0.340 e. The zero-order valence-electron chi connectivity index (χ0n) is 22.2. The summed E-state index contributed by atoms with van der Waals surface area (Å²) in [6.45, 7) is 12.2. The van der Waals surface area contributed by atoms with Crippen molar-refractivity contribution in [3.8, 4) is 22.8 Å². The lowest BCUT2D eigenvalue weighted by atomic mass is 10.1. The first kappa shape index (κ1) is 24.4. The lowest BCUT2D eigenvalue weighted by Gasteiger charge is -2.13. The Morgan fingerprint density at radius 3 is 2.62 bits per heavy atom. The molecule has 0 N–H and O–H groups in total. The van der Waals surface area contributed by atoms with E-state index >= 15 is 0 Å². The molecule has 5 heterocycles. The van der Waals surface area contributed by atoms with E-state index in [4.69, 9.17) is 24.5 Å². The molecule has 0 unspecified atom stereocenters. The summed E-state index contributed by atoms with van der Waals surface area (Å²) in [6, 6.07) is 3.80. The van der Waals surface area contributed by atoms with Crippen LogP contribution in [0.25, 0.3) is 33.5 Å². The number of rotatable bonds is 6. The van der Waals surface area contributed by atoms with Crippen molar-refractivity contribution in [3.63, 3.8) is 0 Å². The van der Waals surface area contributed by atoms with Gasteiger partial charge in [-0.15, -0.1) is 0 Å². The fourth-order valence-corrected chi connectivity index (χ4v) is 4.92. The van der Waals surface area contributed by atoms with Crippen molar-refractivity contribution in [2.45, 2.75) is 47.5 Å². The van der Waals surface area contributed by atoms with Gasteiger partial charge in [0.15, 0.2) is 5.82 Å². The number of fused-ring (bicyclic) bond motifs is 2. The van der Waals surface area contributed by atoms with Crippen molar-refractivity contribution in [1.82, 2.24) is 29.1 Å². The van der Waals surface area contributed by atoms with E-state index in [9.17, 15) is 4.79 Å². The molecule has 0 atom stereocenters. The van der Waals surface area contributed by atoms with Crippen LogP contribution < -0.4 is 4.74 Å². The first-order chi connectivity index (χ1) is 17.8. The van der Waals surface area contributed by atoms with Crippen molar-refractivity contribution in [2.24, 2.45) is 0 Å². The highest BCUT2D eigenvalue weighted by Crippen LogP contribution is 2.33. The zero-order chi connectivity index (χ0) is 26.4. The largest absolute Gasteiger partial charge is 0.496 e. The van der Waals surface area contributed by atoms with Crippen LogP contribution in [0.5, 0.6) is 5.75 Å². The second-order valence-electron chi connectivity index (χ2n) is 9.32. The summed E-state index contributed by atoms with van der Waals surface area (Å²) in [5.74, 6) is 1.14. The highest BCUT2D eigenvalue weighted by molar-refractivity contribution is 5.96. The minimum atomic E-state index is -0.321. The third-order valence-corrected chi connectivity index (χ3v) is 6.69. The minimum Gasteiger partial charge on any atom is -0.496 e. The van der Waals surface area contributed by atoms with Crippen LogP contribution in [-0.4, -0.2) is 48.8 Å². The van der Waals surface area contributed by atoms with Gasteiger partial charge in [-0.05, 0) is 51.3 Å². The second kappa shape index (κ2) is 9.31. The molecular formula is C28H30N6O3. The highest BCUT2D eigenvalue weighted by Gasteiger charge is 2.25. The van der Waals surface area contributed by atoms with Crippen molar-refractivity contribution in [2.75, 3.05) is 13.7 Å². The number of esters is 1. The van der Waals surface area contributed by atoms with Crippen molar-refractivity contribution >= 4 is 22.4 Å². The van der Waals surface area contributed by atoms with E-state index in [1.807, 2.05) is 55.1 Å². The summed E-state index contributed by atoms with van der Waals surface area (Å²) in [4.78, 5) is 26.9. The van der Waals surface area contributed by atoms with Crippen LogP contribution in [0.3, 0.4) is 0 Å². The molecule has 0 saturated heterocycles. The molecule has 5 rings (SSSR count). The molecule has 0 aliphatic carbocycles. The van der Waals surface area contributed by atoms with Crippen molar-refractivity contribution < 1.29 is 14.3 Å². The number of carbonyl (C=O) groups excluding carboxylic acids is 1. The molecule has 5 aromatic heterocycles. The predicted molar refractivity (Wildman–Crippen MR) is 142 cm³/mol. The standard InChI is InChI=1S/C28H30N6O3/c1-8-37-28(35)25-16(4)27-26(15(2)3)32-24(14-33(27)18(25)6)34-22-11-21(31-17(5)19(22)13-30-34)20-12-29-10-9-23(20)36-7/h9-15H,8H2,1-7H3. The van der Waals surface area contributed by atoms with Gasteiger partial charge in [0.05, 0.1) is 59.7 Å². The molecule has 9 nitrogen and oxygen atoms in total. The van der Waals surface area contributed by atoms with Gasteiger partial charge in [-0.1, -0.05) is 13.8 Å². The summed E-state index contributed by atoms with van der Waals surface area (Å²) in [6.07, 6.45) is 7.17. The number of methoxy groups -OCH3 is 1. The third-order valence-electron chi connectivity index (χ3n) is 6.69. The number of nitrogens with zero attached hydrogens (tertiary/aromatic N) is 6. The summed E-state index contributed by atoms with van der Waals surface area (Å²) < 4.78 is 14.8. The molecule has 0 aromatic carbocycles. The SMILES string of the molecule is CCOC(=O)c1c(C)c2c(C(C)C)nc(-n3ncc4c(C)nc(-c5cnccc5OC)cc43)cn2c1C. The quantitative estimate of drug-likeness (QED) is 0.291. The van der Waals surface area contributed by atoms with Gasteiger partial charge in [-0.25, -0.2) is 14.5 Å². The maximum absolute atomic E-state index is 12.8. The normalized spacial score (nSPS) is 11.6. The topological polar surface area (TPSA) is 96.4 Å². The van der Waals surface area contributed by atoms with E-state index in [0.29, 0.717) is 23.7 Å². The van der Waals surface area contributed by atoms with Crippen LogP contribution >= 0.6 is 0 Å². The molecule has 0 fully saturated rings. The van der Waals surface area contributed by atoms with Crippen LogP contribution in [-0.2, 0) is 4.74 Å². The van der Waals surface area contributed by atoms with Crippen LogP contribution in [0, 0.1) is 20.8 Å².